The molecule has 30 heavy (non-hydrogen) atoms. The minimum absolute atomic E-state index is 0.0365. The molecule has 0 bridgehead atoms. The number of para-hydroxylation sites is 2. The third kappa shape index (κ3) is 2.71. The number of rotatable bonds is 2. The molecule has 2 heteroatoms. The van der Waals surface area contributed by atoms with Crippen molar-refractivity contribution < 1.29 is 0 Å². The lowest BCUT2D eigenvalue weighted by molar-refractivity contribution is 0.553. The zero-order chi connectivity index (χ0) is 20.8. The van der Waals surface area contributed by atoms with Gasteiger partial charge in [0.05, 0.1) is 11.4 Å². The molecule has 0 saturated carbocycles. The van der Waals surface area contributed by atoms with Crippen LogP contribution in [0.2, 0.25) is 0 Å². The van der Waals surface area contributed by atoms with Gasteiger partial charge in [0.2, 0.25) is 0 Å². The first-order valence-electron chi connectivity index (χ1n) is 10.5. The molecule has 5 rings (SSSR count). The third-order valence-corrected chi connectivity index (χ3v) is 9.70. The van der Waals surface area contributed by atoms with E-state index in [2.05, 4.69) is 135 Å². The predicted molar refractivity (Wildman–Crippen MR) is 128 cm³/mol. The summed E-state index contributed by atoms with van der Waals surface area (Å²) < 4.78 is 0. The van der Waals surface area contributed by atoms with Crippen LogP contribution < -0.4 is 4.90 Å². The van der Waals surface area contributed by atoms with Crippen molar-refractivity contribution >= 4 is 21.4 Å². The number of hydrogen-bond acceptors (Lipinski definition) is 1. The molecular formula is C28H27NS. The van der Waals surface area contributed by atoms with Crippen LogP contribution >= 0.6 is 10.0 Å². The number of anilines is 2. The first-order valence-corrected chi connectivity index (χ1v) is 12.1. The fourth-order valence-electron chi connectivity index (χ4n) is 4.67. The summed E-state index contributed by atoms with van der Waals surface area (Å²) in [6.45, 7) is 6.90. The van der Waals surface area contributed by atoms with Gasteiger partial charge in [0.1, 0.15) is 0 Å². The minimum atomic E-state index is -1.61. The lowest BCUT2D eigenvalue weighted by Crippen LogP contribution is -2.40. The minimum Gasteiger partial charge on any atom is -0.334 e. The smallest absolute Gasteiger partial charge is 0.0548 e. The van der Waals surface area contributed by atoms with E-state index in [1.165, 1.54) is 31.0 Å². The maximum Gasteiger partial charge on any atom is 0.0548 e. The summed E-state index contributed by atoms with van der Waals surface area (Å²) in [6.07, 6.45) is 0. The summed E-state index contributed by atoms with van der Waals surface area (Å²) in [5, 5.41) is 0. The number of fused-ring (bicyclic) bond motifs is 2. The largest absolute Gasteiger partial charge is 0.334 e. The molecule has 0 fully saturated rings. The number of benzene rings is 4. The van der Waals surface area contributed by atoms with Crippen molar-refractivity contribution in [2.45, 2.75) is 45.9 Å². The summed E-state index contributed by atoms with van der Waals surface area (Å²) in [7, 11) is -1.61. The maximum absolute atomic E-state index is 2.52. The normalized spacial score (nSPS) is 15.8. The second kappa shape index (κ2) is 7.07. The van der Waals surface area contributed by atoms with E-state index in [1.54, 1.807) is 0 Å². The van der Waals surface area contributed by atoms with E-state index in [1.807, 2.05) is 0 Å². The SMILES string of the molecule is CC(C)(C)N1c2ccccc2S(c2ccccc2)(c2ccccc2)c2ccccc21. The van der Waals surface area contributed by atoms with Gasteiger partial charge in [0.15, 0.2) is 0 Å². The quantitative estimate of drug-likeness (QED) is 0.322. The van der Waals surface area contributed by atoms with E-state index in [0.29, 0.717) is 0 Å². The van der Waals surface area contributed by atoms with Crippen LogP contribution in [-0.4, -0.2) is 5.54 Å². The lowest BCUT2D eigenvalue weighted by atomic mass is 10.0. The van der Waals surface area contributed by atoms with E-state index in [-0.39, 0.29) is 5.54 Å². The Labute approximate surface area is 181 Å². The Morgan fingerprint density at radius 3 is 1.27 bits per heavy atom. The highest BCUT2D eigenvalue weighted by atomic mass is 32.3. The first kappa shape index (κ1) is 19.0. The van der Waals surface area contributed by atoms with Gasteiger partial charge in [-0.2, -0.15) is 0 Å². The van der Waals surface area contributed by atoms with E-state index in [0.717, 1.165) is 0 Å². The average Bonchev–Trinajstić information content (AvgIpc) is 2.77. The summed E-state index contributed by atoms with van der Waals surface area (Å²) in [5.41, 5.74) is 2.59. The fraction of sp³-hybridized carbons (Fsp3) is 0.143. The zero-order valence-corrected chi connectivity index (χ0v) is 18.6. The summed E-state index contributed by atoms with van der Waals surface area (Å²) in [6, 6.07) is 40.2. The topological polar surface area (TPSA) is 3.24 Å². The Hall–Kier alpha value is -2.97. The number of nitrogens with zero attached hydrogens (tertiary/aromatic N) is 1. The summed E-state index contributed by atoms with van der Waals surface area (Å²) in [5.74, 6) is 0. The highest BCUT2D eigenvalue weighted by Crippen LogP contribution is 2.79. The molecule has 1 heterocycles. The highest BCUT2D eigenvalue weighted by Gasteiger charge is 2.44. The molecule has 0 radical (unpaired) electrons. The molecule has 0 aliphatic carbocycles. The molecule has 1 aliphatic heterocycles. The van der Waals surface area contributed by atoms with Gasteiger partial charge >= 0.3 is 0 Å². The van der Waals surface area contributed by atoms with Gasteiger partial charge in [-0.15, -0.1) is 10.0 Å². The number of hydrogen-bond donors (Lipinski definition) is 0. The van der Waals surface area contributed by atoms with E-state index in [4.69, 9.17) is 0 Å². The van der Waals surface area contributed by atoms with Crippen LogP contribution in [0, 0.1) is 0 Å². The molecule has 0 spiro atoms. The van der Waals surface area contributed by atoms with Crippen molar-refractivity contribution in [3.05, 3.63) is 109 Å². The van der Waals surface area contributed by atoms with Crippen LogP contribution in [0.4, 0.5) is 11.4 Å². The molecule has 1 aliphatic rings. The van der Waals surface area contributed by atoms with Crippen LogP contribution in [0.5, 0.6) is 0 Å². The van der Waals surface area contributed by atoms with Crippen LogP contribution in [0.15, 0.2) is 129 Å². The second-order valence-corrected chi connectivity index (χ2v) is 11.7. The van der Waals surface area contributed by atoms with Crippen molar-refractivity contribution in [2.75, 3.05) is 4.90 Å². The highest BCUT2D eigenvalue weighted by molar-refractivity contribution is 8.34. The van der Waals surface area contributed by atoms with Crippen LogP contribution in [0.25, 0.3) is 0 Å². The van der Waals surface area contributed by atoms with Crippen molar-refractivity contribution in [2.24, 2.45) is 0 Å². The van der Waals surface area contributed by atoms with Gasteiger partial charge in [-0.25, -0.2) is 0 Å². The maximum atomic E-state index is 2.52. The summed E-state index contributed by atoms with van der Waals surface area (Å²) in [4.78, 5) is 8.11. The van der Waals surface area contributed by atoms with Crippen LogP contribution in [0.1, 0.15) is 20.8 Å². The van der Waals surface area contributed by atoms with Gasteiger partial charge in [0, 0.05) is 25.1 Å². The molecule has 4 aromatic rings. The first-order chi connectivity index (χ1) is 14.5. The Balaban J connectivity index is 1.99. The second-order valence-electron chi connectivity index (χ2n) is 8.68. The fourth-order valence-corrected chi connectivity index (χ4v) is 8.83. The van der Waals surface area contributed by atoms with Crippen molar-refractivity contribution in [3.8, 4) is 0 Å². The Morgan fingerprint density at radius 1 is 0.500 bits per heavy atom. The Morgan fingerprint density at radius 2 is 0.867 bits per heavy atom. The standard InChI is InChI=1S/C28H27NS/c1-28(2,3)29-24-18-10-12-20-26(24)30(22-14-6-4-7-15-22,23-16-8-5-9-17-23)27-21-13-11-19-25(27)29/h4-21H,1-3H3. The van der Waals surface area contributed by atoms with Crippen molar-refractivity contribution in [1.29, 1.82) is 0 Å². The van der Waals surface area contributed by atoms with Crippen molar-refractivity contribution in [1.82, 2.24) is 0 Å². The summed E-state index contributed by atoms with van der Waals surface area (Å²) >= 11 is 0. The lowest BCUT2D eigenvalue weighted by Gasteiger charge is -2.53. The predicted octanol–water partition coefficient (Wildman–Crippen LogP) is 8.28. The van der Waals surface area contributed by atoms with Crippen molar-refractivity contribution in [3.63, 3.8) is 0 Å². The molecule has 0 atom stereocenters. The van der Waals surface area contributed by atoms with Gasteiger partial charge < -0.3 is 4.90 Å². The molecule has 0 N–H and O–H groups in total. The molecule has 0 amide bonds. The molecule has 0 unspecified atom stereocenters. The van der Waals surface area contributed by atoms with Gasteiger partial charge in [-0.1, -0.05) is 60.7 Å². The zero-order valence-electron chi connectivity index (χ0n) is 17.7. The molecule has 150 valence electrons. The molecule has 1 nitrogen and oxygen atoms in total. The van der Waals surface area contributed by atoms with Gasteiger partial charge in [-0.05, 0) is 69.3 Å². The Bertz CT molecular complexity index is 1090. The molecule has 4 aromatic carbocycles. The van der Waals surface area contributed by atoms with Gasteiger partial charge in [-0.3, -0.25) is 0 Å². The van der Waals surface area contributed by atoms with Crippen LogP contribution in [0.3, 0.4) is 0 Å². The monoisotopic (exact) mass is 409 g/mol. The molecular weight excluding hydrogens is 382 g/mol. The van der Waals surface area contributed by atoms with E-state index < -0.39 is 10.0 Å². The third-order valence-electron chi connectivity index (χ3n) is 5.74. The van der Waals surface area contributed by atoms with E-state index >= 15 is 0 Å². The van der Waals surface area contributed by atoms with Gasteiger partial charge in [0.25, 0.3) is 0 Å². The molecule has 0 saturated heterocycles. The Kier molecular flexibility index (Phi) is 4.48. The average molecular weight is 410 g/mol. The van der Waals surface area contributed by atoms with E-state index in [9.17, 15) is 0 Å². The molecule has 0 aromatic heterocycles. The van der Waals surface area contributed by atoms with Crippen LogP contribution in [-0.2, 0) is 0 Å².